The highest BCUT2D eigenvalue weighted by molar-refractivity contribution is 4.88. The number of hydrogen-bond acceptors (Lipinski definition) is 2. The van der Waals surface area contributed by atoms with E-state index in [1.165, 1.54) is 0 Å². The van der Waals surface area contributed by atoms with Crippen molar-refractivity contribution in [1.82, 2.24) is 9.80 Å². The Morgan fingerprint density at radius 1 is 1.27 bits per heavy atom. The van der Waals surface area contributed by atoms with Gasteiger partial charge >= 0.3 is 0 Å². The summed E-state index contributed by atoms with van der Waals surface area (Å²) in [6.45, 7) is 13.6. The second-order valence-corrected chi connectivity index (χ2v) is 2.71. The van der Waals surface area contributed by atoms with E-state index in [0.29, 0.717) is 0 Å². The van der Waals surface area contributed by atoms with Crippen LogP contribution >= 0.6 is 0 Å². The van der Waals surface area contributed by atoms with E-state index in [1.807, 2.05) is 12.2 Å². The fraction of sp³-hybridized carbons (Fsp3) is 0.444. The smallest absolute Gasteiger partial charge is 0.0516 e. The molecule has 0 spiro atoms. The highest BCUT2D eigenvalue weighted by Gasteiger charge is 2.16. The maximum absolute atomic E-state index is 3.70. The normalized spacial score (nSPS) is 20.4. The maximum Gasteiger partial charge on any atom is 0.0516 e. The Morgan fingerprint density at radius 2 is 2.00 bits per heavy atom. The van der Waals surface area contributed by atoms with Crippen LogP contribution in [0, 0.1) is 6.54 Å². The minimum Gasteiger partial charge on any atom is -0.285 e. The van der Waals surface area contributed by atoms with E-state index in [4.69, 9.17) is 0 Å². The zero-order chi connectivity index (χ0) is 8.10. The van der Waals surface area contributed by atoms with Gasteiger partial charge in [-0.2, -0.15) is 0 Å². The Bertz CT molecular complexity index is 126. The van der Waals surface area contributed by atoms with Crippen molar-refractivity contribution in [3.8, 4) is 0 Å². The molecule has 1 rings (SSSR count). The van der Waals surface area contributed by atoms with Gasteiger partial charge in [0.05, 0.1) is 6.67 Å². The summed E-state index contributed by atoms with van der Waals surface area (Å²) in [5.41, 5.74) is 0. The fourth-order valence-electron chi connectivity index (χ4n) is 1.22. The van der Waals surface area contributed by atoms with E-state index in [-0.39, 0.29) is 0 Å². The molecule has 0 unspecified atom stereocenters. The van der Waals surface area contributed by atoms with E-state index in [1.54, 1.807) is 0 Å². The van der Waals surface area contributed by atoms with Gasteiger partial charge in [-0.05, 0) is 0 Å². The van der Waals surface area contributed by atoms with Crippen molar-refractivity contribution in [2.45, 2.75) is 0 Å². The quantitative estimate of drug-likeness (QED) is 0.555. The van der Waals surface area contributed by atoms with Crippen molar-refractivity contribution in [3.05, 3.63) is 31.9 Å². The number of hydrogen-bond donors (Lipinski definition) is 0. The van der Waals surface area contributed by atoms with Gasteiger partial charge in [0.1, 0.15) is 0 Å². The van der Waals surface area contributed by atoms with Crippen LogP contribution < -0.4 is 0 Å². The first-order valence-electron chi connectivity index (χ1n) is 3.88. The third-order valence-corrected chi connectivity index (χ3v) is 1.73. The molecule has 0 aliphatic carbocycles. The molecular weight excluding hydrogens is 136 g/mol. The molecule has 0 saturated carbocycles. The molecule has 0 aromatic rings. The topological polar surface area (TPSA) is 6.48 Å². The first-order chi connectivity index (χ1) is 5.36. The van der Waals surface area contributed by atoms with Crippen molar-refractivity contribution >= 4 is 0 Å². The summed E-state index contributed by atoms with van der Waals surface area (Å²) in [6, 6.07) is 0. The average molecular weight is 151 g/mol. The largest absolute Gasteiger partial charge is 0.285 e. The van der Waals surface area contributed by atoms with Gasteiger partial charge in [0.25, 0.3) is 0 Å². The third kappa shape index (κ3) is 2.48. The summed E-state index contributed by atoms with van der Waals surface area (Å²) in [7, 11) is 0. The molecule has 1 radical (unpaired) electrons. The van der Waals surface area contributed by atoms with Crippen LogP contribution in [0.1, 0.15) is 0 Å². The van der Waals surface area contributed by atoms with Crippen LogP contribution in [0.3, 0.4) is 0 Å². The molecule has 0 aromatic heterocycles. The van der Waals surface area contributed by atoms with Gasteiger partial charge < -0.3 is 0 Å². The fourth-order valence-corrected chi connectivity index (χ4v) is 1.22. The third-order valence-electron chi connectivity index (χ3n) is 1.73. The van der Waals surface area contributed by atoms with Gasteiger partial charge in [-0.15, -0.1) is 13.2 Å². The Balaban J connectivity index is 2.22. The van der Waals surface area contributed by atoms with Crippen molar-refractivity contribution in [3.63, 3.8) is 0 Å². The molecule has 0 aromatic carbocycles. The summed E-state index contributed by atoms with van der Waals surface area (Å²) >= 11 is 0. The van der Waals surface area contributed by atoms with E-state index in [0.717, 1.165) is 26.3 Å². The second kappa shape index (κ2) is 4.31. The zero-order valence-electron chi connectivity index (χ0n) is 6.87. The first kappa shape index (κ1) is 8.50. The summed E-state index contributed by atoms with van der Waals surface area (Å²) in [5, 5.41) is 0. The van der Waals surface area contributed by atoms with E-state index in [9.17, 15) is 0 Å². The Kier molecular flexibility index (Phi) is 3.33. The van der Waals surface area contributed by atoms with Crippen LogP contribution in [-0.2, 0) is 0 Å². The molecular formula is C9H15N2. The molecule has 0 N–H and O–H groups in total. The van der Waals surface area contributed by atoms with Crippen LogP contribution in [0.5, 0.6) is 0 Å². The zero-order valence-corrected chi connectivity index (χ0v) is 6.87. The van der Waals surface area contributed by atoms with Gasteiger partial charge in [0.2, 0.25) is 0 Å². The lowest BCUT2D eigenvalue weighted by Gasteiger charge is -2.14. The maximum atomic E-state index is 3.70. The SMILES string of the molecule is C=CCN1[CH]CN(CC=C)C1. The highest BCUT2D eigenvalue weighted by Crippen LogP contribution is 2.07. The van der Waals surface area contributed by atoms with Crippen LogP contribution in [0.15, 0.2) is 25.3 Å². The molecule has 0 atom stereocenters. The predicted molar refractivity (Wildman–Crippen MR) is 47.8 cm³/mol. The van der Waals surface area contributed by atoms with Crippen molar-refractivity contribution in [2.24, 2.45) is 0 Å². The van der Waals surface area contributed by atoms with Crippen molar-refractivity contribution in [1.29, 1.82) is 0 Å². The van der Waals surface area contributed by atoms with E-state index < -0.39 is 0 Å². The Morgan fingerprint density at radius 3 is 2.64 bits per heavy atom. The minimum absolute atomic E-state index is 0.952. The van der Waals surface area contributed by atoms with Gasteiger partial charge in [-0.25, -0.2) is 0 Å². The molecule has 0 bridgehead atoms. The van der Waals surface area contributed by atoms with Crippen LogP contribution in [0.25, 0.3) is 0 Å². The summed E-state index contributed by atoms with van der Waals surface area (Å²) in [4.78, 5) is 4.56. The molecule has 2 nitrogen and oxygen atoms in total. The molecule has 1 fully saturated rings. The number of nitrogens with zero attached hydrogens (tertiary/aromatic N) is 2. The molecule has 1 saturated heterocycles. The van der Waals surface area contributed by atoms with Crippen LogP contribution in [-0.4, -0.2) is 36.1 Å². The molecule has 0 amide bonds. The monoisotopic (exact) mass is 151 g/mol. The molecule has 1 aliphatic rings. The van der Waals surface area contributed by atoms with Crippen molar-refractivity contribution < 1.29 is 0 Å². The van der Waals surface area contributed by atoms with Gasteiger partial charge in [-0.3, -0.25) is 9.80 Å². The van der Waals surface area contributed by atoms with E-state index >= 15 is 0 Å². The average Bonchev–Trinajstić information content (AvgIpc) is 2.38. The molecule has 11 heavy (non-hydrogen) atoms. The predicted octanol–water partition coefficient (Wildman–Crippen LogP) is 1.10. The lowest BCUT2D eigenvalue weighted by atomic mass is 10.5. The Hall–Kier alpha value is -0.600. The summed E-state index contributed by atoms with van der Waals surface area (Å²) in [6.07, 6.45) is 3.86. The lowest BCUT2D eigenvalue weighted by Crippen LogP contribution is -2.25. The minimum atomic E-state index is 0.952. The molecule has 61 valence electrons. The van der Waals surface area contributed by atoms with Gasteiger partial charge in [-0.1, -0.05) is 12.2 Å². The lowest BCUT2D eigenvalue weighted by molar-refractivity contribution is 0.287. The standard InChI is InChI=1S/C9H15N2/c1-3-5-10-7-8-11(9-10)6-4-2/h3-4,7H,1-2,5-6,8-9H2. The molecule has 1 aliphatic heterocycles. The van der Waals surface area contributed by atoms with Crippen molar-refractivity contribution in [2.75, 3.05) is 26.3 Å². The summed E-state index contributed by atoms with van der Waals surface area (Å²) in [5.74, 6) is 0. The second-order valence-electron chi connectivity index (χ2n) is 2.71. The Labute approximate surface area is 68.8 Å². The molecule has 2 heteroatoms. The molecule has 1 heterocycles. The summed E-state index contributed by atoms with van der Waals surface area (Å²) < 4.78 is 0. The highest BCUT2D eigenvalue weighted by atomic mass is 15.4. The number of rotatable bonds is 4. The van der Waals surface area contributed by atoms with E-state index in [2.05, 4.69) is 29.5 Å². The van der Waals surface area contributed by atoms with Crippen LogP contribution in [0.4, 0.5) is 0 Å². The van der Waals surface area contributed by atoms with Gasteiger partial charge in [0.15, 0.2) is 0 Å². The van der Waals surface area contributed by atoms with Gasteiger partial charge in [0, 0.05) is 26.2 Å². The van der Waals surface area contributed by atoms with Crippen LogP contribution in [0.2, 0.25) is 0 Å². The first-order valence-corrected chi connectivity index (χ1v) is 3.88.